The van der Waals surface area contributed by atoms with Crippen LogP contribution >= 0.6 is 11.6 Å². The Morgan fingerprint density at radius 2 is 2.04 bits per heavy atom. The Balaban J connectivity index is 1.86. The van der Waals surface area contributed by atoms with Gasteiger partial charge in [-0.1, -0.05) is 23.7 Å². The lowest BCUT2D eigenvalue weighted by molar-refractivity contribution is 0.102. The molecule has 2 aromatic rings. The minimum absolute atomic E-state index is 0.157. The van der Waals surface area contributed by atoms with Crippen molar-refractivity contribution in [2.24, 2.45) is 0 Å². The van der Waals surface area contributed by atoms with Crippen LogP contribution in [0, 0.1) is 6.92 Å². The van der Waals surface area contributed by atoms with E-state index in [9.17, 15) is 4.79 Å². The van der Waals surface area contributed by atoms with Crippen molar-refractivity contribution in [3.63, 3.8) is 0 Å². The van der Waals surface area contributed by atoms with E-state index in [1.54, 1.807) is 18.3 Å². The lowest BCUT2D eigenvalue weighted by atomic mass is 9.88. The van der Waals surface area contributed by atoms with E-state index in [0.29, 0.717) is 16.6 Å². The van der Waals surface area contributed by atoms with Crippen molar-refractivity contribution >= 4 is 23.2 Å². The van der Waals surface area contributed by atoms with E-state index in [2.05, 4.69) is 27.8 Å². The number of carbonyl (C=O) groups excluding carboxylic acids is 1. The highest BCUT2D eigenvalue weighted by atomic mass is 35.5. The number of halogens is 1. The van der Waals surface area contributed by atoms with Crippen molar-refractivity contribution in [1.82, 2.24) is 10.3 Å². The minimum Gasteiger partial charge on any atom is -0.322 e. The van der Waals surface area contributed by atoms with E-state index in [0.717, 1.165) is 37.2 Å². The van der Waals surface area contributed by atoms with Crippen LogP contribution in [0.4, 0.5) is 5.69 Å². The summed E-state index contributed by atoms with van der Waals surface area (Å²) >= 11 is 5.87. The first-order chi connectivity index (χ1) is 11.1. The molecule has 1 aromatic heterocycles. The van der Waals surface area contributed by atoms with Crippen LogP contribution in [0.2, 0.25) is 5.15 Å². The molecule has 1 saturated heterocycles. The fraction of sp³-hybridized carbons (Fsp3) is 0.333. The van der Waals surface area contributed by atoms with Gasteiger partial charge in [0.05, 0.1) is 0 Å². The standard InChI is InChI=1S/C18H20ClN3O/c1-12-2-3-15(13-4-7-20-8-5-13)16(10-12)22-18(23)14-6-9-21-17(19)11-14/h2-3,6,9-11,13,20H,4-5,7-8H2,1H3,(H,22,23). The largest absolute Gasteiger partial charge is 0.322 e. The number of anilines is 1. The number of hydrogen-bond acceptors (Lipinski definition) is 3. The van der Waals surface area contributed by atoms with Crippen molar-refractivity contribution in [3.05, 3.63) is 58.4 Å². The van der Waals surface area contributed by atoms with Gasteiger partial charge >= 0.3 is 0 Å². The lowest BCUT2D eigenvalue weighted by Gasteiger charge is -2.25. The molecule has 0 unspecified atom stereocenters. The molecule has 0 spiro atoms. The summed E-state index contributed by atoms with van der Waals surface area (Å²) in [5.41, 5.74) is 3.76. The highest BCUT2D eigenvalue weighted by Crippen LogP contribution is 2.32. The van der Waals surface area contributed by atoms with Crippen molar-refractivity contribution in [2.45, 2.75) is 25.7 Å². The van der Waals surface area contributed by atoms with E-state index < -0.39 is 0 Å². The summed E-state index contributed by atoms with van der Waals surface area (Å²) < 4.78 is 0. The molecule has 1 amide bonds. The number of aromatic nitrogens is 1. The van der Waals surface area contributed by atoms with Gasteiger partial charge in [0.25, 0.3) is 5.91 Å². The Hall–Kier alpha value is -1.91. The smallest absolute Gasteiger partial charge is 0.255 e. The summed E-state index contributed by atoms with van der Waals surface area (Å²) in [6.07, 6.45) is 3.72. The number of pyridine rings is 1. The number of aryl methyl sites for hydroxylation is 1. The van der Waals surface area contributed by atoms with Gasteiger partial charge in [0.2, 0.25) is 0 Å². The maximum Gasteiger partial charge on any atom is 0.255 e. The van der Waals surface area contributed by atoms with Gasteiger partial charge in [0.15, 0.2) is 0 Å². The molecule has 0 atom stereocenters. The van der Waals surface area contributed by atoms with E-state index in [4.69, 9.17) is 11.6 Å². The molecule has 0 saturated carbocycles. The number of nitrogens with zero attached hydrogens (tertiary/aromatic N) is 1. The molecular formula is C18H20ClN3O. The number of benzene rings is 1. The van der Waals surface area contributed by atoms with Crippen LogP contribution < -0.4 is 10.6 Å². The third kappa shape index (κ3) is 3.89. The molecule has 0 radical (unpaired) electrons. The quantitative estimate of drug-likeness (QED) is 0.843. The maximum absolute atomic E-state index is 12.5. The average molecular weight is 330 g/mol. The van der Waals surface area contributed by atoms with E-state index in [-0.39, 0.29) is 5.91 Å². The van der Waals surface area contributed by atoms with Gasteiger partial charge in [-0.15, -0.1) is 0 Å². The van der Waals surface area contributed by atoms with Gasteiger partial charge in [-0.2, -0.15) is 0 Å². The van der Waals surface area contributed by atoms with Crippen molar-refractivity contribution in [3.8, 4) is 0 Å². The fourth-order valence-electron chi connectivity index (χ4n) is 3.01. The van der Waals surface area contributed by atoms with Gasteiger partial charge in [0, 0.05) is 17.4 Å². The maximum atomic E-state index is 12.5. The zero-order valence-electron chi connectivity index (χ0n) is 13.1. The lowest BCUT2D eigenvalue weighted by Crippen LogP contribution is -2.27. The summed E-state index contributed by atoms with van der Waals surface area (Å²) in [5.74, 6) is 0.322. The first-order valence-electron chi connectivity index (χ1n) is 7.87. The molecule has 0 bridgehead atoms. The molecule has 1 aliphatic rings. The highest BCUT2D eigenvalue weighted by Gasteiger charge is 2.19. The van der Waals surface area contributed by atoms with E-state index >= 15 is 0 Å². The Kier molecular flexibility index (Phi) is 4.94. The van der Waals surface area contributed by atoms with Crippen LogP contribution in [0.3, 0.4) is 0 Å². The Bertz CT molecular complexity index is 711. The second-order valence-corrected chi connectivity index (χ2v) is 6.32. The molecule has 4 nitrogen and oxygen atoms in total. The molecule has 1 aromatic carbocycles. The Morgan fingerprint density at radius 3 is 2.78 bits per heavy atom. The molecule has 5 heteroatoms. The molecule has 3 rings (SSSR count). The Labute approximate surface area is 141 Å². The zero-order valence-corrected chi connectivity index (χ0v) is 13.9. The number of rotatable bonds is 3. The molecule has 1 fully saturated rings. The van der Waals surface area contributed by atoms with Crippen molar-refractivity contribution in [2.75, 3.05) is 18.4 Å². The van der Waals surface area contributed by atoms with E-state index in [1.165, 1.54) is 5.56 Å². The summed E-state index contributed by atoms with van der Waals surface area (Å²) in [4.78, 5) is 16.4. The van der Waals surface area contributed by atoms with Crippen LogP contribution in [0.15, 0.2) is 36.5 Å². The third-order valence-corrected chi connectivity index (χ3v) is 4.43. The number of hydrogen-bond donors (Lipinski definition) is 2. The fourth-order valence-corrected chi connectivity index (χ4v) is 3.18. The molecule has 0 aliphatic carbocycles. The van der Waals surface area contributed by atoms with E-state index in [1.807, 2.05) is 13.0 Å². The summed E-state index contributed by atoms with van der Waals surface area (Å²) in [7, 11) is 0. The van der Waals surface area contributed by atoms with Crippen molar-refractivity contribution in [1.29, 1.82) is 0 Å². The number of nitrogens with one attached hydrogen (secondary N) is 2. The SMILES string of the molecule is Cc1ccc(C2CCNCC2)c(NC(=O)c2ccnc(Cl)c2)c1. The minimum atomic E-state index is -0.157. The summed E-state index contributed by atoms with van der Waals surface area (Å²) in [5, 5.41) is 6.75. The first-order valence-corrected chi connectivity index (χ1v) is 8.25. The van der Waals surface area contributed by atoms with Crippen LogP contribution in [0.5, 0.6) is 0 Å². The molecule has 23 heavy (non-hydrogen) atoms. The van der Waals surface area contributed by atoms with Gasteiger partial charge in [-0.05, 0) is 68.1 Å². The third-order valence-electron chi connectivity index (χ3n) is 4.22. The molecular weight excluding hydrogens is 310 g/mol. The monoisotopic (exact) mass is 329 g/mol. The van der Waals surface area contributed by atoms with Crippen LogP contribution in [0.25, 0.3) is 0 Å². The highest BCUT2D eigenvalue weighted by molar-refractivity contribution is 6.29. The van der Waals surface area contributed by atoms with Gasteiger partial charge in [-0.3, -0.25) is 4.79 Å². The predicted octanol–water partition coefficient (Wildman–Crippen LogP) is 3.76. The van der Waals surface area contributed by atoms with Gasteiger partial charge in [0.1, 0.15) is 5.15 Å². The van der Waals surface area contributed by atoms with Crippen LogP contribution in [-0.2, 0) is 0 Å². The molecule has 120 valence electrons. The second-order valence-electron chi connectivity index (χ2n) is 5.94. The Morgan fingerprint density at radius 1 is 1.26 bits per heavy atom. The average Bonchev–Trinajstić information content (AvgIpc) is 2.56. The number of amides is 1. The first kappa shape index (κ1) is 16.0. The summed E-state index contributed by atoms with van der Waals surface area (Å²) in [6, 6.07) is 9.53. The predicted molar refractivity (Wildman–Crippen MR) is 93.2 cm³/mol. The normalized spacial score (nSPS) is 15.4. The zero-order chi connectivity index (χ0) is 16.2. The van der Waals surface area contributed by atoms with Gasteiger partial charge < -0.3 is 10.6 Å². The van der Waals surface area contributed by atoms with Gasteiger partial charge in [-0.25, -0.2) is 4.98 Å². The van der Waals surface area contributed by atoms with Crippen LogP contribution in [0.1, 0.15) is 40.2 Å². The summed E-state index contributed by atoms with van der Waals surface area (Å²) in [6.45, 7) is 4.07. The topological polar surface area (TPSA) is 54.0 Å². The second kappa shape index (κ2) is 7.11. The molecule has 1 aliphatic heterocycles. The van der Waals surface area contributed by atoms with Crippen molar-refractivity contribution < 1.29 is 4.79 Å². The number of carbonyl (C=O) groups is 1. The number of piperidine rings is 1. The van der Waals surface area contributed by atoms with Crippen LogP contribution in [-0.4, -0.2) is 24.0 Å². The molecule has 2 N–H and O–H groups in total. The molecule has 2 heterocycles.